The van der Waals surface area contributed by atoms with Gasteiger partial charge in [0.05, 0.1) is 11.3 Å². The lowest BCUT2D eigenvalue weighted by molar-refractivity contribution is 0.0635. The van der Waals surface area contributed by atoms with Crippen LogP contribution >= 0.6 is 0 Å². The van der Waals surface area contributed by atoms with Crippen LogP contribution < -0.4 is 5.32 Å². The molecule has 0 saturated carbocycles. The predicted octanol–water partition coefficient (Wildman–Crippen LogP) is 3.18. The molecule has 1 amide bonds. The van der Waals surface area contributed by atoms with Crippen molar-refractivity contribution in [3.8, 4) is 0 Å². The molecule has 104 valence electrons. The minimum absolute atomic E-state index is 0.0307. The van der Waals surface area contributed by atoms with Crippen molar-refractivity contribution >= 4 is 17.7 Å². The second kappa shape index (κ2) is 5.26. The third-order valence-electron chi connectivity index (χ3n) is 2.16. The third-order valence-corrected chi connectivity index (χ3v) is 2.16. The molecule has 0 heterocycles. The zero-order valence-electron chi connectivity index (χ0n) is 11.2. The first-order chi connectivity index (χ1) is 8.60. The quantitative estimate of drug-likeness (QED) is 0.864. The van der Waals surface area contributed by atoms with E-state index in [0.717, 1.165) is 12.1 Å². The monoisotopic (exact) mass is 269 g/mol. The summed E-state index contributed by atoms with van der Waals surface area (Å²) in [7, 11) is 0. The van der Waals surface area contributed by atoms with E-state index >= 15 is 0 Å². The number of halogens is 1. The Bertz CT molecular complexity index is 520. The van der Waals surface area contributed by atoms with Crippen LogP contribution in [0.3, 0.4) is 0 Å². The van der Waals surface area contributed by atoms with Gasteiger partial charge in [-0.1, -0.05) is 0 Å². The van der Waals surface area contributed by atoms with Gasteiger partial charge in [-0.25, -0.2) is 14.0 Å². The van der Waals surface area contributed by atoms with Crippen LogP contribution in [0.4, 0.5) is 14.9 Å². The number of aryl methyl sites for hydroxylation is 1. The van der Waals surface area contributed by atoms with Crippen LogP contribution in [0.1, 0.15) is 36.7 Å². The van der Waals surface area contributed by atoms with Crippen molar-refractivity contribution in [3.63, 3.8) is 0 Å². The molecule has 0 saturated heterocycles. The zero-order chi connectivity index (χ0) is 14.8. The van der Waals surface area contributed by atoms with Crippen molar-refractivity contribution in [2.45, 2.75) is 33.3 Å². The molecule has 1 aromatic rings. The van der Waals surface area contributed by atoms with Crippen molar-refractivity contribution in [1.29, 1.82) is 0 Å². The number of rotatable bonds is 2. The number of ether oxygens (including phenoxy) is 1. The Morgan fingerprint density at radius 2 is 1.89 bits per heavy atom. The highest BCUT2D eigenvalue weighted by Crippen LogP contribution is 2.23. The SMILES string of the molecule is Cc1cc(F)cc(C(=O)O)c1NC(=O)OC(C)(C)C. The average Bonchev–Trinajstić information content (AvgIpc) is 2.18. The number of nitrogens with one attached hydrogen (secondary N) is 1. The molecule has 0 aliphatic heterocycles. The molecule has 2 N–H and O–H groups in total. The highest BCUT2D eigenvalue weighted by molar-refractivity contribution is 5.99. The normalized spacial score (nSPS) is 11.0. The van der Waals surface area contributed by atoms with Gasteiger partial charge in [0.2, 0.25) is 0 Å². The smallest absolute Gasteiger partial charge is 0.412 e. The Labute approximate surface area is 110 Å². The van der Waals surface area contributed by atoms with Crippen LogP contribution in [0.2, 0.25) is 0 Å². The summed E-state index contributed by atoms with van der Waals surface area (Å²) in [4.78, 5) is 22.7. The average molecular weight is 269 g/mol. The summed E-state index contributed by atoms with van der Waals surface area (Å²) >= 11 is 0. The number of carbonyl (C=O) groups excluding carboxylic acids is 1. The maximum atomic E-state index is 13.2. The molecule has 1 aromatic carbocycles. The van der Waals surface area contributed by atoms with E-state index in [-0.39, 0.29) is 11.3 Å². The van der Waals surface area contributed by atoms with Crippen molar-refractivity contribution in [1.82, 2.24) is 0 Å². The number of benzene rings is 1. The fourth-order valence-corrected chi connectivity index (χ4v) is 1.48. The molecule has 19 heavy (non-hydrogen) atoms. The number of amides is 1. The van der Waals surface area contributed by atoms with E-state index < -0.39 is 23.5 Å². The van der Waals surface area contributed by atoms with Crippen molar-refractivity contribution in [3.05, 3.63) is 29.1 Å². The number of carbonyl (C=O) groups is 2. The summed E-state index contributed by atoms with van der Waals surface area (Å²) in [5.41, 5.74) is -0.684. The summed E-state index contributed by atoms with van der Waals surface area (Å²) in [6.07, 6.45) is -0.787. The summed E-state index contributed by atoms with van der Waals surface area (Å²) in [6, 6.07) is 1.99. The van der Waals surface area contributed by atoms with Gasteiger partial charge in [-0.2, -0.15) is 0 Å². The van der Waals surface area contributed by atoms with Gasteiger partial charge >= 0.3 is 12.1 Å². The summed E-state index contributed by atoms with van der Waals surface area (Å²) < 4.78 is 18.2. The number of hydrogen-bond donors (Lipinski definition) is 2. The number of anilines is 1. The van der Waals surface area contributed by atoms with Crippen LogP contribution in [0.25, 0.3) is 0 Å². The lowest BCUT2D eigenvalue weighted by Crippen LogP contribution is -2.28. The van der Waals surface area contributed by atoms with Crippen molar-refractivity contribution in [2.24, 2.45) is 0 Å². The third kappa shape index (κ3) is 4.24. The molecule has 0 unspecified atom stereocenters. The van der Waals surface area contributed by atoms with Crippen molar-refractivity contribution < 1.29 is 23.8 Å². The highest BCUT2D eigenvalue weighted by Gasteiger charge is 2.20. The first-order valence-corrected chi connectivity index (χ1v) is 5.63. The Balaban J connectivity index is 3.07. The first kappa shape index (κ1) is 14.9. The standard InChI is InChI=1S/C13H16FNO4/c1-7-5-8(14)6-9(11(16)17)10(7)15-12(18)19-13(2,3)4/h5-6H,1-4H3,(H,15,18)(H,16,17). The van der Waals surface area contributed by atoms with Crippen LogP contribution in [0.5, 0.6) is 0 Å². The Morgan fingerprint density at radius 3 is 2.37 bits per heavy atom. The summed E-state index contributed by atoms with van der Waals surface area (Å²) in [5, 5.41) is 11.3. The molecule has 0 atom stereocenters. The Morgan fingerprint density at radius 1 is 1.32 bits per heavy atom. The second-order valence-corrected chi connectivity index (χ2v) is 5.08. The van der Waals surface area contributed by atoms with Gasteiger partial charge in [0.15, 0.2) is 0 Å². The van der Waals surface area contributed by atoms with Crippen molar-refractivity contribution in [2.75, 3.05) is 5.32 Å². The molecule has 0 radical (unpaired) electrons. The van der Waals surface area contributed by atoms with Crippen LogP contribution in [0, 0.1) is 12.7 Å². The van der Waals surface area contributed by atoms with E-state index in [1.165, 1.54) is 6.92 Å². The zero-order valence-corrected chi connectivity index (χ0v) is 11.2. The predicted molar refractivity (Wildman–Crippen MR) is 68.0 cm³/mol. The molecule has 0 aromatic heterocycles. The molecule has 0 bridgehead atoms. The molecule has 0 spiro atoms. The highest BCUT2D eigenvalue weighted by atomic mass is 19.1. The molecule has 1 rings (SSSR count). The van der Waals surface area contributed by atoms with E-state index in [0.29, 0.717) is 5.56 Å². The van der Waals surface area contributed by atoms with Crippen LogP contribution in [0.15, 0.2) is 12.1 Å². The van der Waals surface area contributed by atoms with Gasteiger partial charge in [0.1, 0.15) is 11.4 Å². The Kier molecular flexibility index (Phi) is 4.14. The summed E-state index contributed by atoms with van der Waals surface area (Å²) in [5.74, 6) is -2.00. The number of hydrogen-bond acceptors (Lipinski definition) is 3. The summed E-state index contributed by atoms with van der Waals surface area (Å²) in [6.45, 7) is 6.55. The van der Waals surface area contributed by atoms with Gasteiger partial charge in [0, 0.05) is 0 Å². The van der Waals surface area contributed by atoms with E-state index in [2.05, 4.69) is 5.32 Å². The minimum atomic E-state index is -1.33. The van der Waals surface area contributed by atoms with E-state index in [1.807, 2.05) is 0 Å². The maximum Gasteiger partial charge on any atom is 0.412 e. The van der Waals surface area contributed by atoms with Crippen LogP contribution in [-0.2, 0) is 4.74 Å². The first-order valence-electron chi connectivity index (χ1n) is 5.63. The Hall–Kier alpha value is -2.11. The second-order valence-electron chi connectivity index (χ2n) is 5.08. The van der Waals surface area contributed by atoms with Gasteiger partial charge < -0.3 is 9.84 Å². The van der Waals surface area contributed by atoms with Gasteiger partial charge in [0.25, 0.3) is 0 Å². The molecule has 0 fully saturated rings. The lowest BCUT2D eigenvalue weighted by Gasteiger charge is -2.20. The van der Waals surface area contributed by atoms with Gasteiger partial charge in [-0.05, 0) is 45.4 Å². The fourth-order valence-electron chi connectivity index (χ4n) is 1.48. The molecular formula is C13H16FNO4. The number of aromatic carboxylic acids is 1. The molecule has 6 heteroatoms. The maximum absolute atomic E-state index is 13.2. The molecule has 5 nitrogen and oxygen atoms in total. The molecular weight excluding hydrogens is 253 g/mol. The largest absolute Gasteiger partial charge is 0.478 e. The lowest BCUT2D eigenvalue weighted by atomic mass is 10.1. The topological polar surface area (TPSA) is 75.6 Å². The van der Waals surface area contributed by atoms with E-state index in [4.69, 9.17) is 9.84 Å². The van der Waals surface area contributed by atoms with E-state index in [9.17, 15) is 14.0 Å². The van der Waals surface area contributed by atoms with Crippen LogP contribution in [-0.4, -0.2) is 22.8 Å². The van der Waals surface area contributed by atoms with Gasteiger partial charge in [-0.15, -0.1) is 0 Å². The number of carboxylic acid groups (broad SMARTS) is 1. The fraction of sp³-hybridized carbons (Fsp3) is 0.385. The number of carboxylic acids is 1. The van der Waals surface area contributed by atoms with Gasteiger partial charge in [-0.3, -0.25) is 5.32 Å². The minimum Gasteiger partial charge on any atom is -0.478 e. The van der Waals surface area contributed by atoms with E-state index in [1.54, 1.807) is 20.8 Å². The molecule has 0 aliphatic carbocycles. The molecule has 0 aliphatic rings.